The number of piperazine rings is 1. The van der Waals surface area contributed by atoms with Crippen LogP contribution < -0.4 is 5.32 Å². The summed E-state index contributed by atoms with van der Waals surface area (Å²) in [7, 11) is -3.41. The molecule has 0 spiro atoms. The van der Waals surface area contributed by atoms with Crippen molar-refractivity contribution >= 4 is 15.9 Å². The smallest absolute Gasteiger partial charge is 0.224 e. The predicted molar refractivity (Wildman–Crippen MR) is 110 cm³/mol. The molecule has 0 unspecified atom stereocenters. The lowest BCUT2D eigenvalue weighted by atomic mass is 10.1. The van der Waals surface area contributed by atoms with Crippen LogP contribution in [-0.2, 0) is 27.8 Å². The second kappa shape index (κ2) is 9.96. The zero-order valence-electron chi connectivity index (χ0n) is 16.3. The fourth-order valence-corrected chi connectivity index (χ4v) is 4.64. The number of carbonyl (C=O) groups is 1. The van der Waals surface area contributed by atoms with Crippen LogP contribution in [0.1, 0.15) is 11.1 Å². The third-order valence-corrected chi connectivity index (χ3v) is 6.81. The number of hydrogen-bond donors (Lipinski definition) is 1. The highest BCUT2D eigenvalue weighted by molar-refractivity contribution is 7.89. The number of nitrogens with zero attached hydrogens (tertiary/aromatic N) is 2. The summed E-state index contributed by atoms with van der Waals surface area (Å²) >= 11 is 0. The third-order valence-electron chi connectivity index (χ3n) is 4.93. The zero-order valence-corrected chi connectivity index (χ0v) is 17.1. The Bertz CT molecular complexity index is 897. The molecule has 1 saturated heterocycles. The van der Waals surface area contributed by atoms with Gasteiger partial charge in [-0.2, -0.15) is 4.31 Å². The Balaban J connectivity index is 1.39. The maximum absolute atomic E-state index is 12.9. The topological polar surface area (TPSA) is 69.7 Å². The molecule has 0 bridgehead atoms. The summed E-state index contributed by atoms with van der Waals surface area (Å²) in [6, 6.07) is 15.8. The first-order chi connectivity index (χ1) is 13.9. The van der Waals surface area contributed by atoms with Gasteiger partial charge in [0.2, 0.25) is 15.9 Å². The standard InChI is InChI=1S/C21H26FN3O3S/c22-20-8-6-18(7-9-20)16-21(26)23-10-15-29(27,28)25-13-11-24(12-14-25)17-19-4-2-1-3-5-19/h1-9H,10-17H2,(H,23,26). The number of sulfonamides is 1. The van der Waals surface area contributed by atoms with Crippen molar-refractivity contribution in [3.05, 3.63) is 71.5 Å². The number of benzene rings is 2. The summed E-state index contributed by atoms with van der Waals surface area (Å²) in [6.45, 7) is 3.16. The fourth-order valence-electron chi connectivity index (χ4n) is 3.31. The number of rotatable bonds is 8. The Morgan fingerprint density at radius 3 is 2.24 bits per heavy atom. The van der Waals surface area contributed by atoms with E-state index in [0.717, 1.165) is 6.54 Å². The second-order valence-corrected chi connectivity index (χ2v) is 9.22. The van der Waals surface area contributed by atoms with E-state index in [1.807, 2.05) is 18.2 Å². The lowest BCUT2D eigenvalue weighted by Gasteiger charge is -2.34. The summed E-state index contributed by atoms with van der Waals surface area (Å²) in [5, 5.41) is 2.63. The van der Waals surface area contributed by atoms with Gasteiger partial charge in [-0.1, -0.05) is 42.5 Å². The molecule has 1 fully saturated rings. The molecule has 8 heteroatoms. The minimum atomic E-state index is -3.41. The van der Waals surface area contributed by atoms with E-state index in [1.165, 1.54) is 22.0 Å². The van der Waals surface area contributed by atoms with Crippen LogP contribution in [0.4, 0.5) is 4.39 Å². The van der Waals surface area contributed by atoms with E-state index in [1.54, 1.807) is 12.1 Å². The van der Waals surface area contributed by atoms with Crippen molar-refractivity contribution in [2.45, 2.75) is 13.0 Å². The molecular weight excluding hydrogens is 393 g/mol. The number of nitrogens with one attached hydrogen (secondary N) is 1. The molecule has 1 amide bonds. The molecule has 156 valence electrons. The van der Waals surface area contributed by atoms with Gasteiger partial charge in [-0.3, -0.25) is 9.69 Å². The van der Waals surface area contributed by atoms with E-state index >= 15 is 0 Å². The molecule has 0 atom stereocenters. The van der Waals surface area contributed by atoms with Crippen LogP contribution in [0.25, 0.3) is 0 Å². The molecule has 2 aromatic carbocycles. The summed E-state index contributed by atoms with van der Waals surface area (Å²) in [5.41, 5.74) is 1.90. The van der Waals surface area contributed by atoms with Gasteiger partial charge < -0.3 is 5.32 Å². The van der Waals surface area contributed by atoms with Gasteiger partial charge in [-0.25, -0.2) is 12.8 Å². The Labute approximate surface area is 171 Å². The minimum Gasteiger partial charge on any atom is -0.355 e. The summed E-state index contributed by atoms with van der Waals surface area (Å²) in [6.07, 6.45) is 0.0957. The van der Waals surface area contributed by atoms with Crippen molar-refractivity contribution in [1.82, 2.24) is 14.5 Å². The van der Waals surface area contributed by atoms with Crippen LogP contribution in [0.5, 0.6) is 0 Å². The molecule has 0 aliphatic carbocycles. The Morgan fingerprint density at radius 1 is 0.931 bits per heavy atom. The van der Waals surface area contributed by atoms with Gasteiger partial charge in [-0.15, -0.1) is 0 Å². The average Bonchev–Trinajstić information content (AvgIpc) is 2.71. The fraction of sp³-hybridized carbons (Fsp3) is 0.381. The summed E-state index contributed by atoms with van der Waals surface area (Å²) in [4.78, 5) is 14.2. The Kier molecular flexibility index (Phi) is 7.35. The Morgan fingerprint density at radius 2 is 1.59 bits per heavy atom. The monoisotopic (exact) mass is 419 g/mol. The van der Waals surface area contributed by atoms with Crippen LogP contribution >= 0.6 is 0 Å². The van der Waals surface area contributed by atoms with Gasteiger partial charge in [0.1, 0.15) is 5.82 Å². The first kappa shape index (κ1) is 21.4. The van der Waals surface area contributed by atoms with Gasteiger partial charge in [-0.05, 0) is 23.3 Å². The molecule has 1 N–H and O–H groups in total. The van der Waals surface area contributed by atoms with Gasteiger partial charge in [0.25, 0.3) is 0 Å². The van der Waals surface area contributed by atoms with E-state index in [9.17, 15) is 17.6 Å². The highest BCUT2D eigenvalue weighted by Gasteiger charge is 2.26. The van der Waals surface area contributed by atoms with Gasteiger partial charge >= 0.3 is 0 Å². The van der Waals surface area contributed by atoms with Crippen LogP contribution in [-0.4, -0.2) is 62.0 Å². The highest BCUT2D eigenvalue weighted by Crippen LogP contribution is 2.11. The molecule has 0 saturated carbocycles. The van der Waals surface area contributed by atoms with Gasteiger partial charge in [0.05, 0.1) is 12.2 Å². The molecule has 0 aromatic heterocycles. The molecule has 1 aliphatic heterocycles. The third kappa shape index (κ3) is 6.62. The zero-order chi connectivity index (χ0) is 20.7. The van der Waals surface area contributed by atoms with Crippen molar-refractivity contribution < 1.29 is 17.6 Å². The molecule has 1 aliphatic rings. The van der Waals surface area contributed by atoms with E-state index in [4.69, 9.17) is 0 Å². The molecule has 1 heterocycles. The van der Waals surface area contributed by atoms with Crippen molar-refractivity contribution in [3.8, 4) is 0 Å². The lowest BCUT2D eigenvalue weighted by Crippen LogP contribution is -2.49. The van der Waals surface area contributed by atoms with E-state index in [-0.39, 0.29) is 30.4 Å². The first-order valence-electron chi connectivity index (χ1n) is 9.68. The number of halogens is 1. The largest absolute Gasteiger partial charge is 0.355 e. The maximum Gasteiger partial charge on any atom is 0.224 e. The van der Waals surface area contributed by atoms with E-state index in [2.05, 4.69) is 22.3 Å². The normalized spacial score (nSPS) is 15.9. The quantitative estimate of drug-likeness (QED) is 0.706. The molecule has 2 aromatic rings. The first-order valence-corrected chi connectivity index (χ1v) is 11.3. The molecule has 29 heavy (non-hydrogen) atoms. The highest BCUT2D eigenvalue weighted by atomic mass is 32.2. The average molecular weight is 420 g/mol. The van der Waals surface area contributed by atoms with Gasteiger partial charge in [0.15, 0.2) is 0 Å². The second-order valence-electron chi connectivity index (χ2n) is 7.13. The van der Waals surface area contributed by atoms with Crippen LogP contribution in [0.15, 0.2) is 54.6 Å². The van der Waals surface area contributed by atoms with Crippen molar-refractivity contribution in [3.63, 3.8) is 0 Å². The lowest BCUT2D eigenvalue weighted by molar-refractivity contribution is -0.120. The summed E-state index contributed by atoms with van der Waals surface area (Å²) in [5.74, 6) is -0.760. The van der Waals surface area contributed by atoms with E-state index in [0.29, 0.717) is 31.7 Å². The Hall–Kier alpha value is -2.29. The van der Waals surface area contributed by atoms with Gasteiger partial charge in [0, 0.05) is 39.3 Å². The molecule has 3 rings (SSSR count). The number of hydrogen-bond acceptors (Lipinski definition) is 4. The van der Waals surface area contributed by atoms with Crippen LogP contribution in [0, 0.1) is 5.82 Å². The molecular formula is C21H26FN3O3S. The molecule has 6 nitrogen and oxygen atoms in total. The maximum atomic E-state index is 12.9. The van der Waals surface area contributed by atoms with Crippen molar-refractivity contribution in [2.75, 3.05) is 38.5 Å². The SMILES string of the molecule is O=C(Cc1ccc(F)cc1)NCCS(=O)(=O)N1CCN(Cc2ccccc2)CC1. The van der Waals surface area contributed by atoms with Crippen LogP contribution in [0.3, 0.4) is 0 Å². The number of carbonyl (C=O) groups excluding carboxylic acids is 1. The predicted octanol–water partition coefficient (Wildman–Crippen LogP) is 1.63. The van der Waals surface area contributed by atoms with Crippen molar-refractivity contribution in [1.29, 1.82) is 0 Å². The molecule has 0 radical (unpaired) electrons. The minimum absolute atomic E-state index is 0.0621. The van der Waals surface area contributed by atoms with Crippen LogP contribution in [0.2, 0.25) is 0 Å². The number of amides is 1. The summed E-state index contributed by atoms with van der Waals surface area (Å²) < 4.78 is 39.5. The van der Waals surface area contributed by atoms with Crippen molar-refractivity contribution in [2.24, 2.45) is 0 Å². The van der Waals surface area contributed by atoms with E-state index < -0.39 is 10.0 Å².